The van der Waals surface area contributed by atoms with Gasteiger partial charge in [0, 0.05) is 6.54 Å². The minimum atomic E-state index is -0.297. The fourth-order valence-corrected chi connectivity index (χ4v) is 1.47. The van der Waals surface area contributed by atoms with Crippen molar-refractivity contribution in [3.63, 3.8) is 0 Å². The summed E-state index contributed by atoms with van der Waals surface area (Å²) >= 11 is 0. The molecule has 12 heavy (non-hydrogen) atoms. The lowest BCUT2D eigenvalue weighted by molar-refractivity contribution is 0.0885. The minimum absolute atomic E-state index is 0.0240. The summed E-state index contributed by atoms with van der Waals surface area (Å²) < 4.78 is 4.83. The van der Waals surface area contributed by atoms with Crippen molar-refractivity contribution in [3.8, 4) is 0 Å². The number of hydrogen-bond donors (Lipinski definition) is 1. The largest absolute Gasteiger partial charge is 0.450 e. The third kappa shape index (κ3) is 1.88. The van der Waals surface area contributed by atoms with Crippen LogP contribution in [0.5, 0.6) is 0 Å². The first-order valence-corrected chi connectivity index (χ1v) is 4.33. The van der Waals surface area contributed by atoms with Gasteiger partial charge in [0.25, 0.3) is 0 Å². The SMILES string of the molecule is CCOC(=O)N1CCC[C@@H]1CO. The van der Waals surface area contributed by atoms with Crippen LogP contribution >= 0.6 is 0 Å². The fourth-order valence-electron chi connectivity index (χ4n) is 1.47. The van der Waals surface area contributed by atoms with Crippen LogP contribution in [0.2, 0.25) is 0 Å². The number of ether oxygens (including phenoxy) is 1. The number of aliphatic hydroxyl groups is 1. The van der Waals surface area contributed by atoms with Crippen molar-refractivity contribution in [1.82, 2.24) is 4.90 Å². The highest BCUT2D eigenvalue weighted by atomic mass is 16.6. The molecule has 0 aromatic carbocycles. The van der Waals surface area contributed by atoms with Crippen LogP contribution in [0.25, 0.3) is 0 Å². The summed E-state index contributed by atoms with van der Waals surface area (Å²) in [6, 6.07) is -0.0240. The van der Waals surface area contributed by atoms with Crippen molar-refractivity contribution in [2.75, 3.05) is 19.8 Å². The second kappa shape index (κ2) is 4.30. The van der Waals surface area contributed by atoms with E-state index in [9.17, 15) is 4.79 Å². The predicted molar refractivity (Wildman–Crippen MR) is 43.8 cm³/mol. The Labute approximate surface area is 72.1 Å². The van der Waals surface area contributed by atoms with Gasteiger partial charge in [-0.05, 0) is 19.8 Å². The summed E-state index contributed by atoms with van der Waals surface area (Å²) in [7, 11) is 0. The minimum Gasteiger partial charge on any atom is -0.450 e. The van der Waals surface area contributed by atoms with Gasteiger partial charge in [-0.25, -0.2) is 4.79 Å². The highest BCUT2D eigenvalue weighted by molar-refractivity contribution is 5.68. The van der Waals surface area contributed by atoms with Gasteiger partial charge in [-0.15, -0.1) is 0 Å². The Morgan fingerprint density at radius 3 is 3.08 bits per heavy atom. The van der Waals surface area contributed by atoms with Gasteiger partial charge in [0.05, 0.1) is 19.3 Å². The second-order valence-electron chi connectivity index (χ2n) is 2.87. The molecule has 1 aliphatic rings. The molecule has 0 unspecified atom stereocenters. The summed E-state index contributed by atoms with van der Waals surface area (Å²) in [4.78, 5) is 12.8. The van der Waals surface area contributed by atoms with Crippen LogP contribution in [0, 0.1) is 0 Å². The molecular weight excluding hydrogens is 158 g/mol. The van der Waals surface area contributed by atoms with E-state index in [0.717, 1.165) is 12.8 Å². The monoisotopic (exact) mass is 173 g/mol. The van der Waals surface area contributed by atoms with Crippen molar-refractivity contribution in [1.29, 1.82) is 0 Å². The zero-order valence-corrected chi connectivity index (χ0v) is 7.32. The lowest BCUT2D eigenvalue weighted by Crippen LogP contribution is -2.37. The number of amides is 1. The first kappa shape index (κ1) is 9.32. The van der Waals surface area contributed by atoms with Gasteiger partial charge in [0.15, 0.2) is 0 Å². The van der Waals surface area contributed by atoms with Crippen LogP contribution in [-0.4, -0.2) is 41.9 Å². The number of carbonyl (C=O) groups is 1. The maximum atomic E-state index is 11.2. The van der Waals surface area contributed by atoms with E-state index in [4.69, 9.17) is 9.84 Å². The molecule has 0 radical (unpaired) electrons. The summed E-state index contributed by atoms with van der Waals surface area (Å²) in [6.07, 6.45) is 1.55. The van der Waals surface area contributed by atoms with E-state index < -0.39 is 0 Å². The quantitative estimate of drug-likeness (QED) is 0.665. The van der Waals surface area contributed by atoms with Crippen molar-refractivity contribution >= 4 is 6.09 Å². The Kier molecular flexibility index (Phi) is 3.34. The number of carbonyl (C=O) groups excluding carboxylic acids is 1. The average Bonchev–Trinajstić information content (AvgIpc) is 2.51. The van der Waals surface area contributed by atoms with E-state index in [1.54, 1.807) is 11.8 Å². The van der Waals surface area contributed by atoms with Crippen molar-refractivity contribution in [2.24, 2.45) is 0 Å². The molecule has 0 aromatic heterocycles. The first-order chi connectivity index (χ1) is 5.79. The fraction of sp³-hybridized carbons (Fsp3) is 0.875. The van der Waals surface area contributed by atoms with Gasteiger partial charge in [-0.1, -0.05) is 0 Å². The Hall–Kier alpha value is -0.770. The summed E-state index contributed by atoms with van der Waals surface area (Å²) in [5, 5.41) is 8.90. The average molecular weight is 173 g/mol. The van der Waals surface area contributed by atoms with Gasteiger partial charge in [-0.2, -0.15) is 0 Å². The second-order valence-corrected chi connectivity index (χ2v) is 2.87. The number of aliphatic hydroxyl groups excluding tert-OH is 1. The molecule has 70 valence electrons. The van der Waals surface area contributed by atoms with Crippen LogP contribution in [0.15, 0.2) is 0 Å². The molecule has 1 rings (SSSR count). The van der Waals surface area contributed by atoms with Gasteiger partial charge < -0.3 is 14.7 Å². The van der Waals surface area contributed by atoms with Crippen molar-refractivity contribution in [3.05, 3.63) is 0 Å². The molecule has 0 aromatic rings. The van der Waals surface area contributed by atoms with Crippen molar-refractivity contribution < 1.29 is 14.6 Å². The molecule has 0 aliphatic carbocycles. The molecule has 1 atom stereocenters. The van der Waals surface area contributed by atoms with E-state index in [2.05, 4.69) is 0 Å². The summed E-state index contributed by atoms with van der Waals surface area (Å²) in [5.74, 6) is 0. The lowest BCUT2D eigenvalue weighted by Gasteiger charge is -2.21. The third-order valence-electron chi connectivity index (χ3n) is 2.09. The normalized spacial score (nSPS) is 22.8. The standard InChI is InChI=1S/C8H15NO3/c1-2-12-8(11)9-5-3-4-7(9)6-10/h7,10H,2-6H2,1H3/t7-/m1/s1. The van der Waals surface area contributed by atoms with E-state index in [0.29, 0.717) is 13.2 Å². The lowest BCUT2D eigenvalue weighted by atomic mass is 10.2. The molecule has 0 bridgehead atoms. The zero-order valence-electron chi connectivity index (χ0n) is 7.32. The molecule has 1 N–H and O–H groups in total. The highest BCUT2D eigenvalue weighted by Gasteiger charge is 2.28. The third-order valence-corrected chi connectivity index (χ3v) is 2.09. The van der Waals surface area contributed by atoms with E-state index >= 15 is 0 Å². The number of likely N-dealkylation sites (tertiary alicyclic amines) is 1. The highest BCUT2D eigenvalue weighted by Crippen LogP contribution is 2.17. The molecule has 4 nitrogen and oxygen atoms in total. The Morgan fingerprint density at radius 2 is 2.50 bits per heavy atom. The molecule has 1 fully saturated rings. The van der Waals surface area contributed by atoms with Crippen LogP contribution in [0.1, 0.15) is 19.8 Å². The van der Waals surface area contributed by atoms with E-state index in [1.165, 1.54) is 0 Å². The van der Waals surface area contributed by atoms with E-state index in [1.807, 2.05) is 0 Å². The smallest absolute Gasteiger partial charge is 0.410 e. The van der Waals surface area contributed by atoms with Gasteiger partial charge in [-0.3, -0.25) is 0 Å². The topological polar surface area (TPSA) is 49.8 Å². The van der Waals surface area contributed by atoms with Crippen molar-refractivity contribution in [2.45, 2.75) is 25.8 Å². The first-order valence-electron chi connectivity index (χ1n) is 4.33. The molecular formula is C8H15NO3. The van der Waals surface area contributed by atoms with Gasteiger partial charge in [0.2, 0.25) is 0 Å². The number of hydrogen-bond acceptors (Lipinski definition) is 3. The number of nitrogens with zero attached hydrogens (tertiary/aromatic N) is 1. The molecule has 1 amide bonds. The van der Waals surface area contributed by atoms with Crippen LogP contribution in [0.4, 0.5) is 4.79 Å². The maximum absolute atomic E-state index is 11.2. The van der Waals surface area contributed by atoms with Gasteiger partial charge in [0.1, 0.15) is 0 Å². The molecule has 0 spiro atoms. The molecule has 1 aliphatic heterocycles. The molecule has 1 heterocycles. The summed E-state index contributed by atoms with van der Waals surface area (Å²) in [5.41, 5.74) is 0. The summed E-state index contributed by atoms with van der Waals surface area (Å²) in [6.45, 7) is 2.93. The zero-order chi connectivity index (χ0) is 8.97. The van der Waals surface area contributed by atoms with E-state index in [-0.39, 0.29) is 18.7 Å². The molecule has 0 saturated carbocycles. The van der Waals surface area contributed by atoms with Crippen LogP contribution < -0.4 is 0 Å². The number of rotatable bonds is 2. The van der Waals surface area contributed by atoms with Gasteiger partial charge >= 0.3 is 6.09 Å². The molecule has 1 saturated heterocycles. The Morgan fingerprint density at radius 1 is 1.75 bits per heavy atom. The van der Waals surface area contributed by atoms with Crippen LogP contribution in [0.3, 0.4) is 0 Å². The van der Waals surface area contributed by atoms with Crippen LogP contribution in [-0.2, 0) is 4.74 Å². The predicted octanol–water partition coefficient (Wildman–Crippen LogP) is 0.600. The maximum Gasteiger partial charge on any atom is 0.410 e. The molecule has 4 heteroatoms. The Balaban J connectivity index is 2.43. The Bertz CT molecular complexity index is 160.